The molecule has 26 heavy (non-hydrogen) atoms. The summed E-state index contributed by atoms with van der Waals surface area (Å²) >= 11 is 0. The smallest absolute Gasteiger partial charge is 0.335 e. The molecule has 1 aliphatic rings. The minimum absolute atomic E-state index is 0.118. The molecule has 0 amide bonds. The third-order valence-electron chi connectivity index (χ3n) is 4.95. The number of benzene rings is 2. The van der Waals surface area contributed by atoms with E-state index < -0.39 is 17.6 Å². The SMILES string of the molecule is CC(c1ccc(F)cc1F)N1CCN(Cc2cccc(C(=O)O)c2)CC1. The van der Waals surface area contributed by atoms with E-state index in [-0.39, 0.29) is 6.04 Å². The van der Waals surface area contributed by atoms with E-state index in [0.717, 1.165) is 37.8 Å². The second-order valence-electron chi connectivity index (χ2n) is 6.66. The van der Waals surface area contributed by atoms with Crippen molar-refractivity contribution in [3.63, 3.8) is 0 Å². The van der Waals surface area contributed by atoms with E-state index in [1.165, 1.54) is 12.1 Å². The molecule has 1 saturated heterocycles. The van der Waals surface area contributed by atoms with E-state index in [4.69, 9.17) is 5.11 Å². The highest BCUT2D eigenvalue weighted by Gasteiger charge is 2.24. The maximum Gasteiger partial charge on any atom is 0.335 e. The predicted octanol–water partition coefficient (Wildman–Crippen LogP) is 3.54. The van der Waals surface area contributed by atoms with Gasteiger partial charge in [-0.05, 0) is 30.7 Å². The van der Waals surface area contributed by atoms with Crippen LogP contribution in [0.2, 0.25) is 0 Å². The van der Waals surface area contributed by atoms with E-state index in [9.17, 15) is 13.6 Å². The Hall–Kier alpha value is -2.31. The number of carboxylic acids is 1. The maximum absolute atomic E-state index is 14.0. The van der Waals surface area contributed by atoms with Crippen LogP contribution in [0.5, 0.6) is 0 Å². The van der Waals surface area contributed by atoms with Crippen LogP contribution in [0, 0.1) is 11.6 Å². The van der Waals surface area contributed by atoms with Gasteiger partial charge in [-0.15, -0.1) is 0 Å². The van der Waals surface area contributed by atoms with Crippen molar-refractivity contribution in [3.8, 4) is 0 Å². The number of carbonyl (C=O) groups is 1. The first-order chi connectivity index (χ1) is 12.4. The zero-order valence-corrected chi connectivity index (χ0v) is 14.7. The van der Waals surface area contributed by atoms with Crippen LogP contribution in [0.15, 0.2) is 42.5 Å². The molecule has 1 aliphatic heterocycles. The average molecular weight is 360 g/mol. The van der Waals surface area contributed by atoms with Gasteiger partial charge in [-0.2, -0.15) is 0 Å². The molecule has 0 saturated carbocycles. The van der Waals surface area contributed by atoms with Gasteiger partial charge in [-0.25, -0.2) is 13.6 Å². The van der Waals surface area contributed by atoms with E-state index in [0.29, 0.717) is 17.7 Å². The number of nitrogens with zero attached hydrogens (tertiary/aromatic N) is 2. The molecule has 0 radical (unpaired) electrons. The van der Waals surface area contributed by atoms with Crippen LogP contribution in [0.1, 0.15) is 34.5 Å². The molecule has 0 spiro atoms. The summed E-state index contributed by atoms with van der Waals surface area (Å²) < 4.78 is 27.1. The first kappa shape index (κ1) is 18.5. The Morgan fingerprint density at radius 1 is 1.12 bits per heavy atom. The fraction of sp³-hybridized carbons (Fsp3) is 0.350. The van der Waals surface area contributed by atoms with Gasteiger partial charge in [0, 0.05) is 50.4 Å². The summed E-state index contributed by atoms with van der Waals surface area (Å²) in [5.74, 6) is -2.00. The van der Waals surface area contributed by atoms with E-state index in [1.54, 1.807) is 18.2 Å². The zero-order chi connectivity index (χ0) is 18.7. The standard InChI is InChI=1S/C20H22F2N2O2/c1-14(18-6-5-17(21)12-19(18)22)24-9-7-23(8-10-24)13-15-3-2-4-16(11-15)20(25)26/h2-6,11-12,14H,7-10,13H2,1H3,(H,25,26). The molecule has 1 N–H and O–H groups in total. The van der Waals surface area contributed by atoms with E-state index >= 15 is 0 Å². The molecule has 1 atom stereocenters. The van der Waals surface area contributed by atoms with Gasteiger partial charge in [0.1, 0.15) is 11.6 Å². The third-order valence-corrected chi connectivity index (χ3v) is 4.95. The minimum Gasteiger partial charge on any atom is -0.478 e. The second-order valence-corrected chi connectivity index (χ2v) is 6.66. The number of carboxylic acid groups (broad SMARTS) is 1. The second kappa shape index (κ2) is 7.93. The Kier molecular flexibility index (Phi) is 5.64. The lowest BCUT2D eigenvalue weighted by molar-refractivity contribution is 0.0696. The quantitative estimate of drug-likeness (QED) is 0.886. The molecule has 1 unspecified atom stereocenters. The Bertz CT molecular complexity index is 789. The third kappa shape index (κ3) is 4.26. The molecule has 0 bridgehead atoms. The summed E-state index contributed by atoms with van der Waals surface area (Å²) in [5.41, 5.74) is 1.77. The Balaban J connectivity index is 1.58. The summed E-state index contributed by atoms with van der Waals surface area (Å²) in [6.07, 6.45) is 0. The molecule has 2 aromatic rings. The molecule has 0 aliphatic carbocycles. The highest BCUT2D eigenvalue weighted by atomic mass is 19.1. The lowest BCUT2D eigenvalue weighted by atomic mass is 10.0. The highest BCUT2D eigenvalue weighted by Crippen LogP contribution is 2.25. The van der Waals surface area contributed by atoms with Crippen LogP contribution < -0.4 is 0 Å². The van der Waals surface area contributed by atoms with Gasteiger partial charge >= 0.3 is 5.97 Å². The normalized spacial score (nSPS) is 17.2. The number of hydrogen-bond donors (Lipinski definition) is 1. The topological polar surface area (TPSA) is 43.8 Å². The van der Waals surface area contributed by atoms with Crippen molar-refractivity contribution in [2.75, 3.05) is 26.2 Å². The lowest BCUT2D eigenvalue weighted by Gasteiger charge is -2.38. The predicted molar refractivity (Wildman–Crippen MR) is 95.0 cm³/mol. The number of aromatic carboxylic acids is 1. The maximum atomic E-state index is 14.0. The first-order valence-electron chi connectivity index (χ1n) is 8.67. The van der Waals surface area contributed by atoms with Crippen molar-refractivity contribution < 1.29 is 18.7 Å². The van der Waals surface area contributed by atoms with Crippen molar-refractivity contribution in [1.29, 1.82) is 0 Å². The van der Waals surface area contributed by atoms with Crippen molar-refractivity contribution in [1.82, 2.24) is 9.80 Å². The van der Waals surface area contributed by atoms with Gasteiger partial charge < -0.3 is 5.11 Å². The highest BCUT2D eigenvalue weighted by molar-refractivity contribution is 5.87. The summed E-state index contributed by atoms with van der Waals surface area (Å²) in [5, 5.41) is 9.08. The van der Waals surface area contributed by atoms with Crippen molar-refractivity contribution in [3.05, 3.63) is 70.8 Å². The first-order valence-corrected chi connectivity index (χ1v) is 8.67. The monoisotopic (exact) mass is 360 g/mol. The zero-order valence-electron chi connectivity index (χ0n) is 14.7. The van der Waals surface area contributed by atoms with Crippen LogP contribution >= 0.6 is 0 Å². The fourth-order valence-electron chi connectivity index (χ4n) is 3.41. The van der Waals surface area contributed by atoms with Crippen molar-refractivity contribution >= 4 is 5.97 Å². The van der Waals surface area contributed by atoms with Gasteiger partial charge in [0.2, 0.25) is 0 Å². The molecule has 3 rings (SSSR count). The number of halogens is 2. The van der Waals surface area contributed by atoms with Crippen LogP contribution in [-0.4, -0.2) is 47.1 Å². The largest absolute Gasteiger partial charge is 0.478 e. The number of piperazine rings is 1. The fourth-order valence-corrected chi connectivity index (χ4v) is 3.41. The van der Waals surface area contributed by atoms with Gasteiger partial charge in [0.05, 0.1) is 5.56 Å². The molecular formula is C20H22F2N2O2. The average Bonchev–Trinajstić information content (AvgIpc) is 2.62. The molecule has 2 aromatic carbocycles. The van der Waals surface area contributed by atoms with E-state index in [2.05, 4.69) is 9.80 Å². The minimum atomic E-state index is -0.924. The van der Waals surface area contributed by atoms with E-state index in [1.807, 2.05) is 13.0 Å². The summed E-state index contributed by atoms with van der Waals surface area (Å²) in [6, 6.07) is 10.6. The van der Waals surface area contributed by atoms with Crippen molar-refractivity contribution in [2.24, 2.45) is 0 Å². The van der Waals surface area contributed by atoms with Gasteiger partial charge in [0.25, 0.3) is 0 Å². The van der Waals surface area contributed by atoms with Crippen LogP contribution in [-0.2, 0) is 6.54 Å². The summed E-state index contributed by atoms with van der Waals surface area (Å²) in [4.78, 5) is 15.5. The molecule has 1 fully saturated rings. The Morgan fingerprint density at radius 2 is 1.85 bits per heavy atom. The van der Waals surface area contributed by atoms with Crippen LogP contribution in [0.3, 0.4) is 0 Å². The summed E-state index contributed by atoms with van der Waals surface area (Å²) in [7, 11) is 0. The lowest BCUT2D eigenvalue weighted by Crippen LogP contribution is -2.46. The Morgan fingerprint density at radius 3 is 2.50 bits per heavy atom. The van der Waals surface area contributed by atoms with Crippen LogP contribution in [0.4, 0.5) is 8.78 Å². The molecule has 1 heterocycles. The molecular weight excluding hydrogens is 338 g/mol. The van der Waals surface area contributed by atoms with Gasteiger partial charge in [0.15, 0.2) is 0 Å². The van der Waals surface area contributed by atoms with Gasteiger partial charge in [-0.1, -0.05) is 18.2 Å². The molecule has 6 heteroatoms. The molecule has 0 aromatic heterocycles. The van der Waals surface area contributed by atoms with Crippen LogP contribution in [0.25, 0.3) is 0 Å². The molecule has 138 valence electrons. The van der Waals surface area contributed by atoms with Gasteiger partial charge in [-0.3, -0.25) is 9.80 Å². The van der Waals surface area contributed by atoms with Crippen molar-refractivity contribution in [2.45, 2.75) is 19.5 Å². The Labute approximate surface area is 151 Å². The number of rotatable bonds is 5. The molecule has 4 nitrogen and oxygen atoms in total. The number of hydrogen-bond acceptors (Lipinski definition) is 3. The summed E-state index contributed by atoms with van der Waals surface area (Å²) in [6.45, 7) is 5.79.